The van der Waals surface area contributed by atoms with Crippen LogP contribution in [0.5, 0.6) is 0 Å². The molecule has 7 heteroatoms. The Bertz CT molecular complexity index is 674. The van der Waals surface area contributed by atoms with Crippen molar-refractivity contribution in [1.29, 1.82) is 0 Å². The maximum Gasteiger partial charge on any atom is 0.217 e. The van der Waals surface area contributed by atoms with E-state index in [1.54, 1.807) is 17.7 Å². The minimum atomic E-state index is -0.337. The van der Waals surface area contributed by atoms with Gasteiger partial charge in [0.15, 0.2) is 5.58 Å². The van der Waals surface area contributed by atoms with Gasteiger partial charge in [0.2, 0.25) is 5.89 Å². The predicted molar refractivity (Wildman–Crippen MR) is 55.6 cm³/mol. The van der Waals surface area contributed by atoms with E-state index in [0.29, 0.717) is 29.4 Å². The van der Waals surface area contributed by atoms with Gasteiger partial charge in [-0.1, -0.05) is 0 Å². The summed E-state index contributed by atoms with van der Waals surface area (Å²) in [5, 5.41) is 11.1. The zero-order chi connectivity index (χ0) is 11.8. The SMILES string of the molecule is Cc1nnnn1Cc1nc2cc(F)ccc2o1. The molecule has 3 aromatic rings. The van der Waals surface area contributed by atoms with E-state index in [0.717, 1.165) is 0 Å². The van der Waals surface area contributed by atoms with E-state index in [1.807, 2.05) is 0 Å². The molecule has 0 saturated carbocycles. The van der Waals surface area contributed by atoms with Crippen LogP contribution in [0, 0.1) is 12.7 Å². The van der Waals surface area contributed by atoms with Crippen LogP contribution in [-0.4, -0.2) is 25.2 Å². The van der Waals surface area contributed by atoms with Crippen molar-refractivity contribution in [3.05, 3.63) is 35.7 Å². The summed E-state index contributed by atoms with van der Waals surface area (Å²) in [6.07, 6.45) is 0. The minimum Gasteiger partial charge on any atom is -0.439 e. The molecule has 17 heavy (non-hydrogen) atoms. The fourth-order valence-corrected chi connectivity index (χ4v) is 1.54. The maximum atomic E-state index is 13.0. The summed E-state index contributed by atoms with van der Waals surface area (Å²) in [5.74, 6) is 0.774. The Kier molecular flexibility index (Phi) is 2.10. The van der Waals surface area contributed by atoms with Crippen molar-refractivity contribution in [3.63, 3.8) is 0 Å². The van der Waals surface area contributed by atoms with Crippen molar-refractivity contribution < 1.29 is 8.81 Å². The number of oxazole rings is 1. The quantitative estimate of drug-likeness (QED) is 0.667. The third kappa shape index (κ3) is 1.75. The predicted octanol–water partition coefficient (Wildman–Crippen LogP) is 1.31. The lowest BCUT2D eigenvalue weighted by Crippen LogP contribution is -2.04. The van der Waals surface area contributed by atoms with Gasteiger partial charge in [-0.15, -0.1) is 5.10 Å². The van der Waals surface area contributed by atoms with Crippen LogP contribution in [0.2, 0.25) is 0 Å². The molecule has 0 aliphatic rings. The highest BCUT2D eigenvalue weighted by atomic mass is 19.1. The smallest absolute Gasteiger partial charge is 0.217 e. The molecule has 0 aliphatic carbocycles. The molecule has 0 saturated heterocycles. The molecule has 0 bridgehead atoms. The first-order valence-electron chi connectivity index (χ1n) is 5.00. The van der Waals surface area contributed by atoms with Gasteiger partial charge < -0.3 is 4.42 Å². The number of tetrazole rings is 1. The molecule has 0 amide bonds. The highest BCUT2D eigenvalue weighted by Crippen LogP contribution is 2.17. The average Bonchev–Trinajstić information content (AvgIpc) is 2.85. The van der Waals surface area contributed by atoms with Gasteiger partial charge in [-0.3, -0.25) is 0 Å². The molecule has 0 fully saturated rings. The number of hydrogen-bond donors (Lipinski definition) is 0. The molecule has 0 radical (unpaired) electrons. The van der Waals surface area contributed by atoms with Crippen LogP contribution in [0.25, 0.3) is 11.1 Å². The Morgan fingerprint density at radius 2 is 2.29 bits per heavy atom. The second-order valence-corrected chi connectivity index (χ2v) is 3.60. The molecule has 86 valence electrons. The van der Waals surface area contributed by atoms with Crippen molar-refractivity contribution in [3.8, 4) is 0 Å². The van der Waals surface area contributed by atoms with E-state index in [-0.39, 0.29) is 5.82 Å². The Labute approximate surface area is 95.1 Å². The third-order valence-corrected chi connectivity index (χ3v) is 2.39. The molecule has 2 heterocycles. The summed E-state index contributed by atoms with van der Waals surface area (Å²) in [4.78, 5) is 4.17. The molecule has 0 aliphatic heterocycles. The lowest BCUT2D eigenvalue weighted by Gasteiger charge is -1.95. The molecule has 0 N–H and O–H groups in total. The fraction of sp³-hybridized carbons (Fsp3) is 0.200. The third-order valence-electron chi connectivity index (χ3n) is 2.39. The summed E-state index contributed by atoms with van der Waals surface area (Å²) in [6, 6.07) is 4.21. The maximum absolute atomic E-state index is 13.0. The number of benzene rings is 1. The Morgan fingerprint density at radius 1 is 1.41 bits per heavy atom. The molecule has 3 rings (SSSR count). The molecule has 1 aromatic carbocycles. The van der Waals surface area contributed by atoms with Crippen LogP contribution in [0.15, 0.2) is 22.6 Å². The van der Waals surface area contributed by atoms with Gasteiger partial charge in [0.25, 0.3) is 0 Å². The summed E-state index contributed by atoms with van der Waals surface area (Å²) >= 11 is 0. The Hall–Kier alpha value is -2.31. The number of nitrogens with zero attached hydrogens (tertiary/aromatic N) is 5. The van der Waals surface area contributed by atoms with Crippen LogP contribution in [0.1, 0.15) is 11.7 Å². The number of hydrogen-bond acceptors (Lipinski definition) is 5. The van der Waals surface area contributed by atoms with Crippen molar-refractivity contribution >= 4 is 11.1 Å². The van der Waals surface area contributed by atoms with Crippen molar-refractivity contribution in [2.75, 3.05) is 0 Å². The molecule has 2 aromatic heterocycles. The van der Waals surface area contributed by atoms with Gasteiger partial charge in [-0.2, -0.15) is 0 Å². The van der Waals surface area contributed by atoms with Crippen molar-refractivity contribution in [1.82, 2.24) is 25.2 Å². The number of rotatable bonds is 2. The fourth-order valence-electron chi connectivity index (χ4n) is 1.54. The van der Waals surface area contributed by atoms with Gasteiger partial charge in [0, 0.05) is 6.07 Å². The molecular formula is C10H8FN5O. The first-order valence-corrected chi connectivity index (χ1v) is 5.00. The summed E-state index contributed by atoms with van der Waals surface area (Å²) < 4.78 is 20.0. The molecule has 6 nitrogen and oxygen atoms in total. The first-order chi connectivity index (χ1) is 8.22. The van der Waals surface area contributed by atoms with Crippen LogP contribution in [-0.2, 0) is 6.54 Å². The van der Waals surface area contributed by atoms with Crippen LogP contribution in [0.4, 0.5) is 4.39 Å². The van der Waals surface area contributed by atoms with E-state index in [2.05, 4.69) is 20.5 Å². The standard InChI is InChI=1S/C10H8FN5O/c1-6-13-14-15-16(6)5-10-12-8-4-7(11)2-3-9(8)17-10/h2-4H,5H2,1H3. The average molecular weight is 233 g/mol. The summed E-state index contributed by atoms with van der Waals surface area (Å²) in [6.45, 7) is 2.11. The minimum absolute atomic E-state index is 0.329. The van der Waals surface area contributed by atoms with Gasteiger partial charge >= 0.3 is 0 Å². The largest absolute Gasteiger partial charge is 0.439 e. The first kappa shape index (κ1) is 9.88. The van der Waals surface area contributed by atoms with Crippen molar-refractivity contribution in [2.45, 2.75) is 13.5 Å². The molecule has 0 spiro atoms. The molecule has 0 unspecified atom stereocenters. The van der Waals surface area contributed by atoms with Crippen LogP contribution < -0.4 is 0 Å². The van der Waals surface area contributed by atoms with Crippen LogP contribution in [0.3, 0.4) is 0 Å². The summed E-state index contributed by atoms with van der Waals surface area (Å²) in [7, 11) is 0. The lowest BCUT2D eigenvalue weighted by molar-refractivity contribution is 0.481. The van der Waals surface area contributed by atoms with Crippen LogP contribution >= 0.6 is 0 Å². The van der Waals surface area contributed by atoms with Gasteiger partial charge in [-0.05, 0) is 29.5 Å². The van der Waals surface area contributed by atoms with Gasteiger partial charge in [0.1, 0.15) is 23.7 Å². The normalized spacial score (nSPS) is 11.2. The summed E-state index contributed by atoms with van der Waals surface area (Å²) in [5.41, 5.74) is 1.04. The van der Waals surface area contributed by atoms with Crippen molar-refractivity contribution in [2.24, 2.45) is 0 Å². The van der Waals surface area contributed by atoms with E-state index >= 15 is 0 Å². The number of aryl methyl sites for hydroxylation is 1. The molecular weight excluding hydrogens is 225 g/mol. The monoisotopic (exact) mass is 233 g/mol. The zero-order valence-electron chi connectivity index (χ0n) is 8.96. The van der Waals surface area contributed by atoms with E-state index in [9.17, 15) is 4.39 Å². The lowest BCUT2D eigenvalue weighted by atomic mass is 10.3. The second-order valence-electron chi connectivity index (χ2n) is 3.60. The molecule has 0 atom stereocenters. The van der Waals surface area contributed by atoms with Gasteiger partial charge in [-0.25, -0.2) is 14.1 Å². The second kappa shape index (κ2) is 3.62. The Morgan fingerprint density at radius 3 is 3.06 bits per heavy atom. The number of fused-ring (bicyclic) bond motifs is 1. The zero-order valence-corrected chi connectivity index (χ0v) is 8.96. The van der Waals surface area contributed by atoms with E-state index in [4.69, 9.17) is 4.42 Å². The highest BCUT2D eigenvalue weighted by molar-refractivity contribution is 5.72. The number of halogens is 1. The topological polar surface area (TPSA) is 69.6 Å². The van der Waals surface area contributed by atoms with E-state index in [1.165, 1.54) is 12.1 Å². The van der Waals surface area contributed by atoms with E-state index < -0.39 is 0 Å². The highest BCUT2D eigenvalue weighted by Gasteiger charge is 2.09. The van der Waals surface area contributed by atoms with Gasteiger partial charge in [0.05, 0.1) is 0 Å². The Balaban J connectivity index is 1.99. The number of aromatic nitrogens is 5.